The lowest BCUT2D eigenvalue weighted by Crippen LogP contribution is -2.26. The van der Waals surface area contributed by atoms with Gasteiger partial charge in [0.1, 0.15) is 11.9 Å². The van der Waals surface area contributed by atoms with E-state index in [1.54, 1.807) is 6.20 Å². The molecule has 1 heterocycles. The first-order chi connectivity index (χ1) is 8.72. The predicted molar refractivity (Wildman–Crippen MR) is 82.3 cm³/mol. The summed E-state index contributed by atoms with van der Waals surface area (Å²) >= 11 is 6.08. The number of rotatable bonds is 7. The Bertz CT molecular complexity index is 405. The van der Waals surface area contributed by atoms with E-state index < -0.39 is 13.7 Å². The van der Waals surface area contributed by atoms with Crippen LogP contribution in [-0.2, 0) is 15.1 Å². The van der Waals surface area contributed by atoms with Gasteiger partial charge in [0, 0.05) is 26.4 Å². The minimum absolute atomic E-state index is 0.280. The third kappa shape index (κ3) is 6.04. The van der Waals surface area contributed by atoms with Crippen molar-refractivity contribution < 1.29 is 9.47 Å². The minimum Gasteiger partial charge on any atom is -0.356 e. The fraction of sp³-hybridized carbons (Fsp3) is 0.643. The fourth-order valence-corrected chi connectivity index (χ4v) is 2.64. The van der Waals surface area contributed by atoms with Crippen molar-refractivity contribution in [2.24, 2.45) is 0 Å². The number of halogens is 1. The normalized spacial score (nSPS) is 12.7. The van der Waals surface area contributed by atoms with Crippen molar-refractivity contribution >= 4 is 19.7 Å². The highest BCUT2D eigenvalue weighted by atomic mass is 35.5. The smallest absolute Gasteiger partial charge is 0.147 e. The van der Waals surface area contributed by atoms with Crippen LogP contribution < -0.4 is 0 Å². The van der Waals surface area contributed by atoms with Crippen molar-refractivity contribution in [1.29, 1.82) is 0 Å². The zero-order valence-electron chi connectivity index (χ0n) is 12.5. The van der Waals surface area contributed by atoms with Crippen LogP contribution in [-0.4, -0.2) is 26.5 Å². The van der Waals surface area contributed by atoms with Crippen LogP contribution in [0.15, 0.2) is 18.3 Å². The first-order valence-corrected chi connectivity index (χ1v) is 10.6. The van der Waals surface area contributed by atoms with E-state index >= 15 is 0 Å². The first kappa shape index (κ1) is 16.6. The summed E-state index contributed by atoms with van der Waals surface area (Å²) < 4.78 is 11.3. The summed E-state index contributed by atoms with van der Waals surface area (Å²) in [6.45, 7) is 12.0. The van der Waals surface area contributed by atoms with Crippen molar-refractivity contribution in [3.63, 3.8) is 0 Å². The number of aromatic nitrogens is 1. The van der Waals surface area contributed by atoms with E-state index in [1.807, 2.05) is 26.0 Å². The maximum Gasteiger partial charge on any atom is 0.147 e. The monoisotopic (exact) mass is 301 g/mol. The second-order valence-corrected chi connectivity index (χ2v) is 12.3. The SMILES string of the molecule is CC(C)(OCOCC[Si](C)(C)C)c1cccnc1Cl. The summed E-state index contributed by atoms with van der Waals surface area (Å²) in [6, 6.07) is 4.93. The quantitative estimate of drug-likeness (QED) is 0.326. The van der Waals surface area contributed by atoms with Gasteiger partial charge in [-0.1, -0.05) is 37.3 Å². The fourth-order valence-electron chi connectivity index (χ4n) is 1.54. The highest BCUT2D eigenvalue weighted by Gasteiger charge is 2.24. The molecule has 0 bridgehead atoms. The van der Waals surface area contributed by atoms with E-state index in [-0.39, 0.29) is 6.79 Å². The minimum atomic E-state index is -1.04. The van der Waals surface area contributed by atoms with Gasteiger partial charge in [-0.3, -0.25) is 0 Å². The molecular weight excluding hydrogens is 278 g/mol. The maximum absolute atomic E-state index is 6.08. The number of hydrogen-bond donors (Lipinski definition) is 0. The first-order valence-electron chi connectivity index (χ1n) is 6.55. The van der Waals surface area contributed by atoms with E-state index in [2.05, 4.69) is 24.6 Å². The van der Waals surface area contributed by atoms with Gasteiger partial charge in [0.2, 0.25) is 0 Å². The highest BCUT2D eigenvalue weighted by Crippen LogP contribution is 2.29. The van der Waals surface area contributed by atoms with Crippen LogP contribution in [0.1, 0.15) is 19.4 Å². The molecule has 1 aromatic heterocycles. The standard InChI is InChI=1S/C14H24ClNO2Si/c1-14(2,12-7-6-8-16-13(12)15)18-11-17-9-10-19(3,4)5/h6-8H,9-11H2,1-5H3. The molecule has 0 aromatic carbocycles. The van der Waals surface area contributed by atoms with Gasteiger partial charge < -0.3 is 9.47 Å². The van der Waals surface area contributed by atoms with Crippen LogP contribution >= 0.6 is 11.6 Å². The molecule has 1 aromatic rings. The summed E-state index contributed by atoms with van der Waals surface area (Å²) in [4.78, 5) is 4.07. The highest BCUT2D eigenvalue weighted by molar-refractivity contribution is 6.76. The molecule has 1 rings (SSSR count). The topological polar surface area (TPSA) is 31.4 Å². The summed E-state index contributed by atoms with van der Waals surface area (Å²) in [5.74, 6) is 0. The van der Waals surface area contributed by atoms with E-state index in [0.717, 1.165) is 18.2 Å². The molecule has 5 heteroatoms. The van der Waals surface area contributed by atoms with Gasteiger partial charge in [-0.15, -0.1) is 0 Å². The molecule has 0 radical (unpaired) electrons. The van der Waals surface area contributed by atoms with Gasteiger partial charge in [-0.05, 0) is 26.0 Å². The Balaban J connectivity index is 2.42. The van der Waals surface area contributed by atoms with Gasteiger partial charge >= 0.3 is 0 Å². The summed E-state index contributed by atoms with van der Waals surface area (Å²) in [5.41, 5.74) is 0.385. The van der Waals surface area contributed by atoms with Crippen LogP contribution in [0.25, 0.3) is 0 Å². The van der Waals surface area contributed by atoms with Gasteiger partial charge in [0.15, 0.2) is 0 Å². The molecule has 3 nitrogen and oxygen atoms in total. The Morgan fingerprint density at radius 1 is 1.32 bits per heavy atom. The Hall–Kier alpha value is -0.423. The average molecular weight is 302 g/mol. The number of hydrogen-bond acceptors (Lipinski definition) is 3. The Morgan fingerprint density at radius 3 is 2.58 bits per heavy atom. The Morgan fingerprint density at radius 2 is 2.00 bits per heavy atom. The molecule has 0 amide bonds. The number of nitrogens with zero attached hydrogens (tertiary/aromatic N) is 1. The van der Waals surface area contributed by atoms with Crippen LogP contribution in [0, 0.1) is 0 Å². The average Bonchev–Trinajstić information content (AvgIpc) is 2.27. The van der Waals surface area contributed by atoms with Gasteiger partial charge in [0.25, 0.3) is 0 Å². The van der Waals surface area contributed by atoms with Crippen molar-refractivity contribution in [3.05, 3.63) is 29.0 Å². The van der Waals surface area contributed by atoms with E-state index in [9.17, 15) is 0 Å². The lowest BCUT2D eigenvalue weighted by Gasteiger charge is -2.26. The third-order valence-corrected chi connectivity index (χ3v) is 4.91. The largest absolute Gasteiger partial charge is 0.356 e. The lowest BCUT2D eigenvalue weighted by atomic mass is 10.0. The molecular formula is C14H24ClNO2Si. The second kappa shape index (κ2) is 6.84. The van der Waals surface area contributed by atoms with E-state index in [1.165, 1.54) is 0 Å². The summed E-state index contributed by atoms with van der Waals surface area (Å²) in [5, 5.41) is 0.481. The molecule has 0 aliphatic rings. The van der Waals surface area contributed by atoms with E-state index in [0.29, 0.717) is 5.15 Å². The van der Waals surface area contributed by atoms with Crippen LogP contribution in [0.2, 0.25) is 30.8 Å². The molecule has 0 spiro atoms. The zero-order chi connectivity index (χ0) is 14.5. The van der Waals surface area contributed by atoms with Crippen molar-refractivity contribution in [3.8, 4) is 0 Å². The maximum atomic E-state index is 6.08. The van der Waals surface area contributed by atoms with Gasteiger partial charge in [-0.2, -0.15) is 0 Å². The van der Waals surface area contributed by atoms with Crippen molar-refractivity contribution in [2.45, 2.75) is 45.1 Å². The second-order valence-electron chi connectivity index (χ2n) is 6.33. The molecule has 108 valence electrons. The van der Waals surface area contributed by atoms with Crippen LogP contribution in [0.5, 0.6) is 0 Å². The van der Waals surface area contributed by atoms with Gasteiger partial charge in [-0.25, -0.2) is 4.98 Å². The molecule has 0 saturated heterocycles. The molecule has 0 aliphatic carbocycles. The lowest BCUT2D eigenvalue weighted by molar-refractivity contribution is -0.129. The zero-order valence-corrected chi connectivity index (χ0v) is 14.3. The molecule has 0 atom stereocenters. The number of ether oxygens (including phenoxy) is 2. The summed E-state index contributed by atoms with van der Waals surface area (Å²) in [7, 11) is -1.04. The predicted octanol–water partition coefficient (Wildman–Crippen LogP) is 4.30. The molecule has 0 unspecified atom stereocenters. The Kier molecular flexibility index (Phi) is 5.99. The van der Waals surface area contributed by atoms with Crippen LogP contribution in [0.4, 0.5) is 0 Å². The number of pyridine rings is 1. The molecule has 0 aliphatic heterocycles. The van der Waals surface area contributed by atoms with E-state index in [4.69, 9.17) is 21.1 Å². The Labute approximate surface area is 122 Å². The molecule has 19 heavy (non-hydrogen) atoms. The third-order valence-electron chi connectivity index (χ3n) is 2.91. The van der Waals surface area contributed by atoms with Crippen LogP contribution in [0.3, 0.4) is 0 Å². The van der Waals surface area contributed by atoms with Crippen molar-refractivity contribution in [1.82, 2.24) is 4.98 Å². The van der Waals surface area contributed by atoms with Gasteiger partial charge in [0.05, 0.1) is 5.60 Å². The molecule has 0 saturated carbocycles. The van der Waals surface area contributed by atoms with Crippen molar-refractivity contribution in [2.75, 3.05) is 13.4 Å². The molecule has 0 N–H and O–H groups in total. The molecule has 0 fully saturated rings. The summed E-state index contributed by atoms with van der Waals surface area (Å²) in [6.07, 6.45) is 1.67.